The zero-order valence-corrected chi connectivity index (χ0v) is 20.2. The second-order valence-corrected chi connectivity index (χ2v) is 9.36. The average Bonchev–Trinajstić information content (AvgIpc) is 2.80. The molecule has 0 saturated heterocycles. The van der Waals surface area contributed by atoms with Crippen LogP contribution in [0.3, 0.4) is 0 Å². The molecule has 0 aliphatic heterocycles. The number of halogens is 2. The molecular formula is C25H33Cl2N3O2. The van der Waals surface area contributed by atoms with Crippen molar-refractivity contribution in [1.82, 2.24) is 9.80 Å². The Morgan fingerprint density at radius 3 is 2.53 bits per heavy atom. The Kier molecular flexibility index (Phi) is 9.67. The fraction of sp³-hybridized carbons (Fsp3) is 0.480. The Labute approximate surface area is 201 Å². The number of hydrogen-bond acceptors (Lipinski definition) is 3. The molecule has 0 heterocycles. The summed E-state index contributed by atoms with van der Waals surface area (Å²) in [4.78, 5) is 17.3. The first-order valence-electron chi connectivity index (χ1n) is 11.4. The molecule has 1 aliphatic rings. The molecule has 1 fully saturated rings. The summed E-state index contributed by atoms with van der Waals surface area (Å²) in [6.07, 6.45) is 6.90. The first-order chi connectivity index (χ1) is 15.5. The maximum Gasteiger partial charge on any atom is 0.322 e. The van der Waals surface area contributed by atoms with Gasteiger partial charge in [-0.15, -0.1) is 0 Å². The molecule has 1 saturated carbocycles. The monoisotopic (exact) mass is 477 g/mol. The quantitative estimate of drug-likeness (QED) is 0.453. The van der Waals surface area contributed by atoms with E-state index in [1.807, 2.05) is 24.3 Å². The van der Waals surface area contributed by atoms with Crippen LogP contribution < -0.4 is 5.32 Å². The van der Waals surface area contributed by atoms with Crippen LogP contribution in [0.4, 0.5) is 10.5 Å². The molecule has 0 spiro atoms. The molecule has 2 aromatic carbocycles. The van der Waals surface area contributed by atoms with Crippen molar-refractivity contribution in [2.45, 2.75) is 57.7 Å². The first kappa shape index (κ1) is 24.8. The minimum atomic E-state index is -0.197. The molecule has 0 aromatic heterocycles. The van der Waals surface area contributed by atoms with Crippen LogP contribution >= 0.6 is 23.2 Å². The van der Waals surface area contributed by atoms with Crippen molar-refractivity contribution in [2.75, 3.05) is 25.5 Å². The Balaban J connectivity index is 1.70. The molecule has 0 radical (unpaired) electrons. The zero-order chi connectivity index (χ0) is 22.9. The largest absolute Gasteiger partial charge is 0.396 e. The van der Waals surface area contributed by atoms with Crippen molar-refractivity contribution >= 4 is 34.9 Å². The maximum absolute atomic E-state index is 13.2. The molecular weight excluding hydrogens is 445 g/mol. The van der Waals surface area contributed by atoms with Gasteiger partial charge in [-0.05, 0) is 55.6 Å². The topological polar surface area (TPSA) is 55.8 Å². The number of anilines is 1. The van der Waals surface area contributed by atoms with E-state index in [1.54, 1.807) is 17.0 Å². The smallest absolute Gasteiger partial charge is 0.322 e. The van der Waals surface area contributed by atoms with Gasteiger partial charge < -0.3 is 15.3 Å². The second kappa shape index (κ2) is 12.4. The first-order valence-corrected chi connectivity index (χ1v) is 12.1. The van der Waals surface area contributed by atoms with Crippen LogP contribution in [0.15, 0.2) is 42.5 Å². The minimum Gasteiger partial charge on any atom is -0.396 e. The summed E-state index contributed by atoms with van der Waals surface area (Å²) in [6.45, 7) is 1.64. The number of hydrogen-bond donors (Lipinski definition) is 2. The highest BCUT2D eigenvalue weighted by Crippen LogP contribution is 2.26. The number of aliphatic hydroxyl groups excluding tert-OH is 1. The zero-order valence-electron chi connectivity index (χ0n) is 18.7. The fourth-order valence-electron chi connectivity index (χ4n) is 4.27. The summed E-state index contributed by atoms with van der Waals surface area (Å²) in [5.74, 6) is 0. The normalized spacial score (nSPS) is 14.5. The molecule has 7 heteroatoms. The molecule has 3 rings (SSSR count). The van der Waals surface area contributed by atoms with Gasteiger partial charge in [0.15, 0.2) is 0 Å². The van der Waals surface area contributed by atoms with Gasteiger partial charge in [0.05, 0.1) is 10.0 Å². The van der Waals surface area contributed by atoms with Gasteiger partial charge in [0.25, 0.3) is 0 Å². The number of urea groups is 1. The number of aliphatic hydroxyl groups is 1. The third-order valence-electron chi connectivity index (χ3n) is 6.11. The Morgan fingerprint density at radius 2 is 1.81 bits per heavy atom. The Morgan fingerprint density at radius 1 is 1.06 bits per heavy atom. The standard InChI is InChI=1S/C25H33Cl2N3O2/c1-29(21-9-3-2-4-10-21)18-20-8-5-6-11-24(20)28-25(32)30(14-7-15-31)17-19-12-13-22(26)23(27)16-19/h5-6,8,11-13,16,21,31H,2-4,7,9-10,14-15,17-18H2,1H3,(H,28,32). The molecule has 1 aliphatic carbocycles. The van der Waals surface area contributed by atoms with E-state index in [9.17, 15) is 9.90 Å². The predicted octanol–water partition coefficient (Wildman–Crippen LogP) is 6.17. The van der Waals surface area contributed by atoms with Gasteiger partial charge >= 0.3 is 6.03 Å². The molecule has 5 nitrogen and oxygen atoms in total. The molecule has 2 amide bonds. The summed E-state index contributed by atoms with van der Waals surface area (Å²) in [6, 6.07) is 13.8. The summed E-state index contributed by atoms with van der Waals surface area (Å²) >= 11 is 12.2. The lowest BCUT2D eigenvalue weighted by molar-refractivity contribution is 0.184. The number of amides is 2. The lowest BCUT2D eigenvalue weighted by atomic mass is 9.94. The van der Waals surface area contributed by atoms with Gasteiger partial charge in [-0.1, -0.05) is 66.7 Å². The molecule has 2 N–H and O–H groups in total. The molecule has 0 atom stereocenters. The summed E-state index contributed by atoms with van der Waals surface area (Å²) < 4.78 is 0. The highest BCUT2D eigenvalue weighted by atomic mass is 35.5. The van der Waals surface area contributed by atoms with Crippen LogP contribution in [-0.2, 0) is 13.1 Å². The number of carbonyl (C=O) groups excluding carboxylic acids is 1. The van der Waals surface area contributed by atoms with E-state index >= 15 is 0 Å². The predicted molar refractivity (Wildman–Crippen MR) is 132 cm³/mol. The van der Waals surface area contributed by atoms with E-state index in [4.69, 9.17) is 23.2 Å². The second-order valence-electron chi connectivity index (χ2n) is 8.54. The van der Waals surface area contributed by atoms with Crippen LogP contribution in [0.2, 0.25) is 10.0 Å². The third-order valence-corrected chi connectivity index (χ3v) is 6.85. The van der Waals surface area contributed by atoms with Crippen molar-refractivity contribution in [3.63, 3.8) is 0 Å². The van der Waals surface area contributed by atoms with E-state index in [0.717, 1.165) is 23.4 Å². The molecule has 0 unspecified atom stereocenters. The minimum absolute atomic E-state index is 0.0218. The van der Waals surface area contributed by atoms with Gasteiger partial charge in [0, 0.05) is 38.0 Å². The van der Waals surface area contributed by atoms with E-state index in [-0.39, 0.29) is 12.6 Å². The molecule has 174 valence electrons. The highest BCUT2D eigenvalue weighted by Gasteiger charge is 2.20. The van der Waals surface area contributed by atoms with Crippen molar-refractivity contribution in [3.05, 3.63) is 63.6 Å². The lowest BCUT2D eigenvalue weighted by Gasteiger charge is -2.32. The highest BCUT2D eigenvalue weighted by molar-refractivity contribution is 6.42. The van der Waals surface area contributed by atoms with E-state index in [1.165, 1.54) is 32.1 Å². The Bertz CT molecular complexity index is 887. The number of nitrogens with zero attached hydrogens (tertiary/aromatic N) is 2. The third kappa shape index (κ3) is 7.11. The number of carbonyl (C=O) groups is 1. The van der Waals surface area contributed by atoms with Gasteiger partial charge in [0.2, 0.25) is 0 Å². The fourth-order valence-corrected chi connectivity index (χ4v) is 4.59. The maximum atomic E-state index is 13.2. The van der Waals surface area contributed by atoms with Gasteiger partial charge in [0.1, 0.15) is 0 Å². The molecule has 2 aromatic rings. The summed E-state index contributed by atoms with van der Waals surface area (Å²) in [5, 5.41) is 13.3. The van der Waals surface area contributed by atoms with Crippen LogP contribution in [-0.4, -0.2) is 47.2 Å². The lowest BCUT2D eigenvalue weighted by Crippen LogP contribution is -2.36. The Hall–Kier alpha value is -1.79. The van der Waals surface area contributed by atoms with Crippen LogP contribution in [0.1, 0.15) is 49.7 Å². The number of para-hydroxylation sites is 1. The SMILES string of the molecule is CN(Cc1ccccc1NC(=O)N(CCCO)Cc1ccc(Cl)c(Cl)c1)C1CCCCC1. The summed E-state index contributed by atoms with van der Waals surface area (Å²) in [5.41, 5.74) is 2.81. The van der Waals surface area contributed by atoms with E-state index in [0.29, 0.717) is 35.6 Å². The number of benzene rings is 2. The van der Waals surface area contributed by atoms with Crippen molar-refractivity contribution in [3.8, 4) is 0 Å². The van der Waals surface area contributed by atoms with Crippen molar-refractivity contribution in [2.24, 2.45) is 0 Å². The van der Waals surface area contributed by atoms with Gasteiger partial charge in [-0.3, -0.25) is 4.90 Å². The van der Waals surface area contributed by atoms with Crippen LogP contribution in [0.25, 0.3) is 0 Å². The molecule has 0 bridgehead atoms. The molecule has 32 heavy (non-hydrogen) atoms. The van der Waals surface area contributed by atoms with Crippen molar-refractivity contribution < 1.29 is 9.90 Å². The number of rotatable bonds is 9. The number of nitrogens with one attached hydrogen (secondary N) is 1. The van der Waals surface area contributed by atoms with E-state index < -0.39 is 0 Å². The van der Waals surface area contributed by atoms with Crippen molar-refractivity contribution in [1.29, 1.82) is 0 Å². The van der Waals surface area contributed by atoms with Crippen LogP contribution in [0.5, 0.6) is 0 Å². The van der Waals surface area contributed by atoms with Crippen LogP contribution in [0, 0.1) is 0 Å². The average molecular weight is 478 g/mol. The van der Waals surface area contributed by atoms with Gasteiger partial charge in [-0.25, -0.2) is 4.79 Å². The van der Waals surface area contributed by atoms with Gasteiger partial charge in [-0.2, -0.15) is 0 Å². The van der Waals surface area contributed by atoms with E-state index in [2.05, 4.69) is 23.3 Å². The summed E-state index contributed by atoms with van der Waals surface area (Å²) in [7, 11) is 2.17.